The molecule has 1 aliphatic heterocycles. The number of carbonyl (C=O) groups is 1. The number of nitrogens with zero attached hydrogens (tertiary/aromatic N) is 3. The van der Waals surface area contributed by atoms with Gasteiger partial charge < -0.3 is 15.5 Å². The van der Waals surface area contributed by atoms with Crippen LogP contribution in [0.4, 0.5) is 11.6 Å². The lowest BCUT2D eigenvalue weighted by Crippen LogP contribution is -2.48. The molecule has 6 nitrogen and oxygen atoms in total. The number of carbonyl (C=O) groups excluding carboxylic acids is 1. The van der Waals surface area contributed by atoms with Gasteiger partial charge in [-0.25, -0.2) is 9.97 Å². The monoisotopic (exact) mass is 249 g/mol. The van der Waals surface area contributed by atoms with Crippen molar-refractivity contribution in [3.8, 4) is 0 Å². The van der Waals surface area contributed by atoms with Crippen molar-refractivity contribution in [1.29, 1.82) is 0 Å². The van der Waals surface area contributed by atoms with Gasteiger partial charge in [0, 0.05) is 32.1 Å². The van der Waals surface area contributed by atoms with Crippen molar-refractivity contribution in [3.05, 3.63) is 11.9 Å². The van der Waals surface area contributed by atoms with Crippen LogP contribution in [0.15, 0.2) is 6.07 Å². The van der Waals surface area contributed by atoms with Gasteiger partial charge >= 0.3 is 0 Å². The van der Waals surface area contributed by atoms with Gasteiger partial charge in [-0.15, -0.1) is 0 Å². The van der Waals surface area contributed by atoms with Crippen molar-refractivity contribution in [3.63, 3.8) is 0 Å². The fraction of sp³-hybridized carbons (Fsp3) is 0.583. The average molecular weight is 249 g/mol. The molecular weight excluding hydrogens is 230 g/mol. The normalized spacial score (nSPS) is 15.4. The molecule has 1 fully saturated rings. The third kappa shape index (κ3) is 2.88. The number of aromatic nitrogens is 2. The van der Waals surface area contributed by atoms with E-state index >= 15 is 0 Å². The topological polar surface area (TPSA) is 70.2 Å². The van der Waals surface area contributed by atoms with E-state index in [2.05, 4.69) is 20.6 Å². The highest BCUT2D eigenvalue weighted by Gasteiger charge is 2.18. The summed E-state index contributed by atoms with van der Waals surface area (Å²) in [5.41, 5.74) is 0. The molecule has 2 N–H and O–H groups in total. The summed E-state index contributed by atoms with van der Waals surface area (Å²) in [5, 5.41) is 6.01. The van der Waals surface area contributed by atoms with Crippen molar-refractivity contribution in [2.45, 2.75) is 20.3 Å². The number of amides is 1. The Bertz CT molecular complexity index is 434. The number of piperazine rings is 1. The molecule has 1 aromatic heterocycles. The van der Waals surface area contributed by atoms with Crippen molar-refractivity contribution in [2.75, 3.05) is 36.4 Å². The van der Waals surface area contributed by atoms with Crippen molar-refractivity contribution in [1.82, 2.24) is 15.3 Å². The smallest absolute Gasteiger partial charge is 0.239 e. The molecule has 0 saturated carbocycles. The maximum atomic E-state index is 11.4. The van der Waals surface area contributed by atoms with Crippen LogP contribution < -0.4 is 15.5 Å². The zero-order chi connectivity index (χ0) is 13.0. The Balaban J connectivity index is 2.24. The molecule has 1 aromatic rings. The first-order chi connectivity index (χ1) is 8.72. The van der Waals surface area contributed by atoms with E-state index in [9.17, 15) is 4.79 Å². The fourth-order valence-corrected chi connectivity index (χ4v) is 1.91. The molecule has 2 rings (SSSR count). The number of nitrogens with one attached hydrogen (secondary N) is 2. The summed E-state index contributed by atoms with van der Waals surface area (Å²) in [6.45, 7) is 6.70. The third-order valence-electron chi connectivity index (χ3n) is 2.80. The highest BCUT2D eigenvalue weighted by Crippen LogP contribution is 2.16. The molecule has 1 saturated heterocycles. The molecule has 0 spiro atoms. The van der Waals surface area contributed by atoms with Crippen LogP contribution in [0, 0.1) is 0 Å². The van der Waals surface area contributed by atoms with Crippen molar-refractivity contribution in [2.24, 2.45) is 0 Å². The SMILES string of the molecule is CCNc1cc(N2CCNC(=O)C2)nc(CC)n1. The van der Waals surface area contributed by atoms with Crippen LogP contribution in [0.25, 0.3) is 0 Å². The van der Waals surface area contributed by atoms with E-state index in [4.69, 9.17) is 0 Å². The molecule has 18 heavy (non-hydrogen) atoms. The van der Waals surface area contributed by atoms with Gasteiger partial charge in [0.25, 0.3) is 0 Å². The van der Waals surface area contributed by atoms with E-state index in [1.807, 2.05) is 24.8 Å². The minimum Gasteiger partial charge on any atom is -0.370 e. The van der Waals surface area contributed by atoms with E-state index in [-0.39, 0.29) is 5.91 Å². The lowest BCUT2D eigenvalue weighted by Gasteiger charge is -2.28. The highest BCUT2D eigenvalue weighted by atomic mass is 16.2. The molecule has 0 aliphatic carbocycles. The Morgan fingerprint density at radius 1 is 1.44 bits per heavy atom. The van der Waals surface area contributed by atoms with E-state index in [1.54, 1.807) is 0 Å². The van der Waals surface area contributed by atoms with Crippen LogP contribution in [0.2, 0.25) is 0 Å². The minimum atomic E-state index is 0.0444. The number of hydrogen-bond acceptors (Lipinski definition) is 5. The van der Waals surface area contributed by atoms with E-state index < -0.39 is 0 Å². The largest absolute Gasteiger partial charge is 0.370 e. The molecule has 98 valence electrons. The van der Waals surface area contributed by atoms with E-state index in [0.717, 1.165) is 37.0 Å². The molecular formula is C12H19N5O. The Hall–Kier alpha value is -1.85. The Labute approximate surface area is 107 Å². The zero-order valence-corrected chi connectivity index (χ0v) is 10.9. The van der Waals surface area contributed by atoms with E-state index in [1.165, 1.54) is 0 Å². The molecule has 6 heteroatoms. The predicted octanol–water partition coefficient (Wildman–Crippen LogP) is 0.407. The molecule has 1 amide bonds. The van der Waals surface area contributed by atoms with Gasteiger partial charge in [-0.2, -0.15) is 0 Å². The summed E-state index contributed by atoms with van der Waals surface area (Å²) in [7, 11) is 0. The number of hydrogen-bond donors (Lipinski definition) is 2. The van der Waals surface area contributed by atoms with Crippen molar-refractivity contribution >= 4 is 17.5 Å². The van der Waals surface area contributed by atoms with Crippen molar-refractivity contribution < 1.29 is 4.79 Å². The average Bonchev–Trinajstić information content (AvgIpc) is 2.39. The quantitative estimate of drug-likeness (QED) is 0.808. The Morgan fingerprint density at radius 2 is 2.28 bits per heavy atom. The number of rotatable bonds is 4. The molecule has 0 atom stereocenters. The minimum absolute atomic E-state index is 0.0444. The first-order valence-corrected chi connectivity index (χ1v) is 6.36. The van der Waals surface area contributed by atoms with Crippen LogP contribution in [-0.4, -0.2) is 42.1 Å². The van der Waals surface area contributed by atoms with Crippen LogP contribution in [0.3, 0.4) is 0 Å². The maximum Gasteiger partial charge on any atom is 0.239 e. The van der Waals surface area contributed by atoms with Crippen LogP contribution in [-0.2, 0) is 11.2 Å². The van der Waals surface area contributed by atoms with Gasteiger partial charge in [-0.3, -0.25) is 4.79 Å². The second kappa shape index (κ2) is 5.66. The fourth-order valence-electron chi connectivity index (χ4n) is 1.91. The standard InChI is InChI=1S/C12H19N5O/c1-3-9-15-10(13-4-2)7-11(16-9)17-6-5-14-12(18)8-17/h7H,3-6,8H2,1-2H3,(H,14,18)(H,13,15,16). The van der Waals surface area contributed by atoms with E-state index in [0.29, 0.717) is 13.1 Å². The summed E-state index contributed by atoms with van der Waals surface area (Å²) in [6.07, 6.45) is 0.784. The molecule has 0 radical (unpaired) electrons. The van der Waals surface area contributed by atoms with Gasteiger partial charge in [0.15, 0.2) is 0 Å². The first-order valence-electron chi connectivity index (χ1n) is 6.36. The van der Waals surface area contributed by atoms with Gasteiger partial charge in [0.05, 0.1) is 6.54 Å². The number of aryl methyl sites for hydroxylation is 1. The van der Waals surface area contributed by atoms with Crippen LogP contribution in [0.5, 0.6) is 0 Å². The predicted molar refractivity (Wildman–Crippen MR) is 70.8 cm³/mol. The summed E-state index contributed by atoms with van der Waals surface area (Å²) in [5.74, 6) is 2.50. The van der Waals surface area contributed by atoms with Gasteiger partial charge in [-0.1, -0.05) is 6.92 Å². The second-order valence-corrected chi connectivity index (χ2v) is 4.18. The second-order valence-electron chi connectivity index (χ2n) is 4.18. The lowest BCUT2D eigenvalue weighted by atomic mass is 10.3. The molecule has 0 aromatic carbocycles. The Morgan fingerprint density at radius 3 is 2.94 bits per heavy atom. The number of anilines is 2. The molecule has 2 heterocycles. The van der Waals surface area contributed by atoms with Gasteiger partial charge in [0.2, 0.25) is 5.91 Å². The third-order valence-corrected chi connectivity index (χ3v) is 2.80. The van der Waals surface area contributed by atoms with Gasteiger partial charge in [-0.05, 0) is 6.92 Å². The molecule has 0 unspecified atom stereocenters. The first kappa shape index (κ1) is 12.6. The summed E-state index contributed by atoms with van der Waals surface area (Å²) in [4.78, 5) is 22.3. The summed E-state index contributed by atoms with van der Waals surface area (Å²) >= 11 is 0. The Kier molecular flexibility index (Phi) is 3.96. The van der Waals surface area contributed by atoms with Crippen LogP contribution in [0.1, 0.15) is 19.7 Å². The van der Waals surface area contributed by atoms with Gasteiger partial charge in [0.1, 0.15) is 17.5 Å². The summed E-state index contributed by atoms with van der Waals surface area (Å²) in [6, 6.07) is 1.90. The zero-order valence-electron chi connectivity index (χ0n) is 10.9. The summed E-state index contributed by atoms with van der Waals surface area (Å²) < 4.78 is 0. The molecule has 1 aliphatic rings. The lowest BCUT2D eigenvalue weighted by molar-refractivity contribution is -0.120. The maximum absolute atomic E-state index is 11.4. The highest BCUT2D eigenvalue weighted by molar-refractivity contribution is 5.82. The van der Waals surface area contributed by atoms with Crippen LogP contribution >= 0.6 is 0 Å². The molecule has 0 bridgehead atoms.